The van der Waals surface area contributed by atoms with Crippen molar-refractivity contribution >= 4 is 0 Å². The molecule has 0 aliphatic carbocycles. The summed E-state index contributed by atoms with van der Waals surface area (Å²) in [5.74, 6) is 0.876. The maximum atomic E-state index is 6.01. The Kier molecular flexibility index (Phi) is 3.42. The molecule has 4 atom stereocenters. The summed E-state index contributed by atoms with van der Waals surface area (Å²) < 4.78 is 0. The molecule has 0 aromatic rings. The Balaban J connectivity index is 1.70. The van der Waals surface area contributed by atoms with E-state index in [0.29, 0.717) is 6.04 Å². The zero-order valence-corrected chi connectivity index (χ0v) is 11.1. The maximum Gasteiger partial charge on any atom is 0.0267 e. The number of fused-ring (bicyclic) bond motifs is 1. The Hall–Kier alpha value is -0.120. The van der Waals surface area contributed by atoms with E-state index < -0.39 is 0 Å². The fourth-order valence-corrected chi connectivity index (χ4v) is 4.38. The fraction of sp³-hybridized carbons (Fsp3) is 1.00. The van der Waals surface area contributed by atoms with E-state index in [2.05, 4.69) is 16.7 Å². The smallest absolute Gasteiger partial charge is 0.0267 e. The van der Waals surface area contributed by atoms with E-state index in [-0.39, 0.29) is 0 Å². The topological polar surface area (TPSA) is 32.5 Å². The highest BCUT2D eigenvalue weighted by molar-refractivity contribution is 4.99. The van der Waals surface area contributed by atoms with E-state index in [9.17, 15) is 0 Å². The van der Waals surface area contributed by atoms with Gasteiger partial charge in [0.05, 0.1) is 0 Å². The van der Waals surface area contributed by atoms with Crippen LogP contribution in [-0.2, 0) is 0 Å². The molecular weight excluding hydrogens is 210 g/mol. The second-order valence-corrected chi connectivity index (χ2v) is 6.36. The summed E-state index contributed by atoms with van der Waals surface area (Å²) in [6.45, 7) is 7.21. The Labute approximate surface area is 105 Å². The highest BCUT2D eigenvalue weighted by atomic mass is 15.3. The summed E-state index contributed by atoms with van der Waals surface area (Å²) in [6, 6.07) is 2.33. The third kappa shape index (κ3) is 2.13. The van der Waals surface area contributed by atoms with Crippen LogP contribution in [0.2, 0.25) is 0 Å². The van der Waals surface area contributed by atoms with Gasteiger partial charge in [0, 0.05) is 31.2 Å². The molecule has 3 nitrogen and oxygen atoms in total. The Morgan fingerprint density at radius 2 is 1.94 bits per heavy atom. The third-order valence-electron chi connectivity index (χ3n) is 5.29. The van der Waals surface area contributed by atoms with Crippen molar-refractivity contribution in [2.45, 2.75) is 57.2 Å². The lowest BCUT2D eigenvalue weighted by Crippen LogP contribution is -2.54. The van der Waals surface area contributed by atoms with E-state index in [0.717, 1.165) is 24.5 Å². The molecule has 2 N–H and O–H groups in total. The van der Waals surface area contributed by atoms with Gasteiger partial charge in [-0.3, -0.25) is 9.80 Å². The molecule has 3 rings (SSSR count). The van der Waals surface area contributed by atoms with Gasteiger partial charge in [-0.15, -0.1) is 0 Å². The van der Waals surface area contributed by atoms with Crippen molar-refractivity contribution < 1.29 is 0 Å². The van der Waals surface area contributed by atoms with E-state index in [1.165, 1.54) is 51.7 Å². The maximum absolute atomic E-state index is 6.01. The Morgan fingerprint density at radius 3 is 2.76 bits per heavy atom. The van der Waals surface area contributed by atoms with E-state index in [1.54, 1.807) is 0 Å². The number of piperidine rings is 1. The van der Waals surface area contributed by atoms with Gasteiger partial charge in [0.25, 0.3) is 0 Å². The normalized spacial score (nSPS) is 44.1. The number of hydrogen-bond donors (Lipinski definition) is 1. The van der Waals surface area contributed by atoms with Gasteiger partial charge < -0.3 is 5.73 Å². The van der Waals surface area contributed by atoms with Crippen molar-refractivity contribution in [2.75, 3.05) is 26.2 Å². The molecule has 3 fully saturated rings. The number of hydrogen-bond acceptors (Lipinski definition) is 3. The summed E-state index contributed by atoms with van der Waals surface area (Å²) in [5, 5.41) is 0. The quantitative estimate of drug-likeness (QED) is 0.785. The number of rotatable bonds is 2. The predicted molar refractivity (Wildman–Crippen MR) is 70.9 cm³/mol. The summed E-state index contributed by atoms with van der Waals surface area (Å²) in [6.07, 6.45) is 6.92. The molecule has 0 aromatic heterocycles. The molecule has 0 saturated carbocycles. The molecule has 0 spiro atoms. The molecule has 0 bridgehead atoms. The van der Waals surface area contributed by atoms with Crippen LogP contribution >= 0.6 is 0 Å². The van der Waals surface area contributed by atoms with Gasteiger partial charge in [-0.25, -0.2) is 0 Å². The van der Waals surface area contributed by atoms with E-state index in [1.807, 2.05) is 0 Å². The van der Waals surface area contributed by atoms with Crippen LogP contribution in [-0.4, -0.2) is 54.1 Å². The van der Waals surface area contributed by atoms with Gasteiger partial charge in [-0.2, -0.15) is 0 Å². The summed E-state index contributed by atoms with van der Waals surface area (Å²) >= 11 is 0. The van der Waals surface area contributed by atoms with Crippen LogP contribution in [0.25, 0.3) is 0 Å². The first-order valence-corrected chi connectivity index (χ1v) is 7.49. The van der Waals surface area contributed by atoms with Crippen molar-refractivity contribution in [2.24, 2.45) is 11.7 Å². The summed E-state index contributed by atoms with van der Waals surface area (Å²) in [4.78, 5) is 5.49. The van der Waals surface area contributed by atoms with Gasteiger partial charge >= 0.3 is 0 Å². The molecule has 3 aliphatic heterocycles. The van der Waals surface area contributed by atoms with Gasteiger partial charge in [-0.05, 0) is 51.1 Å². The molecule has 17 heavy (non-hydrogen) atoms. The first-order chi connectivity index (χ1) is 8.29. The molecule has 98 valence electrons. The molecule has 0 aromatic carbocycles. The van der Waals surface area contributed by atoms with Gasteiger partial charge in [0.15, 0.2) is 0 Å². The van der Waals surface area contributed by atoms with Crippen molar-refractivity contribution in [3.8, 4) is 0 Å². The van der Waals surface area contributed by atoms with Crippen LogP contribution in [0.4, 0.5) is 0 Å². The van der Waals surface area contributed by atoms with Crippen molar-refractivity contribution in [3.63, 3.8) is 0 Å². The Bertz CT molecular complexity index is 268. The Morgan fingerprint density at radius 1 is 1.06 bits per heavy atom. The van der Waals surface area contributed by atoms with Crippen molar-refractivity contribution in [3.05, 3.63) is 0 Å². The lowest BCUT2D eigenvalue weighted by Gasteiger charge is -2.43. The first-order valence-electron chi connectivity index (χ1n) is 7.49. The average molecular weight is 237 g/mol. The highest BCUT2D eigenvalue weighted by Gasteiger charge is 2.42. The van der Waals surface area contributed by atoms with Gasteiger partial charge in [-0.1, -0.05) is 6.92 Å². The first kappa shape index (κ1) is 11.9. The highest BCUT2D eigenvalue weighted by Crippen LogP contribution is 2.35. The van der Waals surface area contributed by atoms with Crippen LogP contribution in [0, 0.1) is 5.92 Å². The summed E-state index contributed by atoms with van der Waals surface area (Å²) in [7, 11) is 0. The number of nitrogens with zero attached hydrogens (tertiary/aromatic N) is 2. The standard InChI is InChI=1S/C14H27N3/c1-11-4-8-17(12(9-11)10-15)14-5-7-16-6-2-3-13(14)16/h11-14H,2-10,15H2,1H3. The third-order valence-corrected chi connectivity index (χ3v) is 5.29. The minimum Gasteiger partial charge on any atom is -0.329 e. The van der Waals surface area contributed by atoms with Crippen molar-refractivity contribution in [1.82, 2.24) is 9.80 Å². The molecular formula is C14H27N3. The van der Waals surface area contributed by atoms with E-state index in [4.69, 9.17) is 5.73 Å². The zero-order chi connectivity index (χ0) is 11.8. The molecule has 0 radical (unpaired) electrons. The molecule has 3 heterocycles. The largest absolute Gasteiger partial charge is 0.329 e. The molecule has 3 aliphatic rings. The van der Waals surface area contributed by atoms with Crippen LogP contribution in [0.1, 0.15) is 39.0 Å². The van der Waals surface area contributed by atoms with Crippen LogP contribution in [0.3, 0.4) is 0 Å². The van der Waals surface area contributed by atoms with Crippen molar-refractivity contribution in [1.29, 1.82) is 0 Å². The number of likely N-dealkylation sites (tertiary alicyclic amines) is 1. The van der Waals surface area contributed by atoms with Gasteiger partial charge in [0.2, 0.25) is 0 Å². The van der Waals surface area contributed by atoms with Crippen LogP contribution in [0.15, 0.2) is 0 Å². The number of nitrogens with two attached hydrogens (primary N) is 1. The van der Waals surface area contributed by atoms with Gasteiger partial charge in [0.1, 0.15) is 0 Å². The molecule has 3 heteroatoms. The zero-order valence-electron chi connectivity index (χ0n) is 11.1. The van der Waals surface area contributed by atoms with E-state index >= 15 is 0 Å². The molecule has 0 amide bonds. The minimum atomic E-state index is 0.657. The second-order valence-electron chi connectivity index (χ2n) is 6.36. The van der Waals surface area contributed by atoms with Crippen LogP contribution < -0.4 is 5.73 Å². The van der Waals surface area contributed by atoms with Crippen LogP contribution in [0.5, 0.6) is 0 Å². The molecule has 4 unspecified atom stereocenters. The summed E-state index contributed by atoms with van der Waals surface area (Å²) in [5.41, 5.74) is 6.01. The lowest BCUT2D eigenvalue weighted by atomic mass is 9.89. The SMILES string of the molecule is CC1CCN(C2CCN3CCCC23)C(CN)C1. The fourth-order valence-electron chi connectivity index (χ4n) is 4.38. The monoisotopic (exact) mass is 237 g/mol. The molecule has 3 saturated heterocycles. The average Bonchev–Trinajstić information content (AvgIpc) is 2.91. The second kappa shape index (κ2) is 4.87. The lowest BCUT2D eigenvalue weighted by molar-refractivity contribution is 0.0619. The predicted octanol–water partition coefficient (Wildman–Crippen LogP) is 1.28. The minimum absolute atomic E-state index is 0.657.